The van der Waals surface area contributed by atoms with E-state index in [0.29, 0.717) is 0 Å². The Morgan fingerprint density at radius 1 is 1.05 bits per heavy atom. The van der Waals surface area contributed by atoms with Crippen LogP contribution in [0.3, 0.4) is 0 Å². The van der Waals surface area contributed by atoms with E-state index in [9.17, 15) is 9.90 Å². The summed E-state index contributed by atoms with van der Waals surface area (Å²) in [4.78, 5) is 11.6. The summed E-state index contributed by atoms with van der Waals surface area (Å²) in [5.41, 5.74) is 3.16. The highest BCUT2D eigenvalue weighted by Gasteiger charge is 2.24. The van der Waals surface area contributed by atoms with Gasteiger partial charge in [-0.25, -0.2) is 4.79 Å². The second-order valence-electron chi connectivity index (χ2n) is 4.97. The summed E-state index contributed by atoms with van der Waals surface area (Å²) in [7, 11) is 0. The maximum absolute atomic E-state index is 11.6. The minimum Gasteiger partial charge on any atom is -0.464 e. The summed E-state index contributed by atoms with van der Waals surface area (Å²) < 4.78 is 4.85. The SMILES string of the molecule is CCOC(=O)C(O)C(C)c1ccc(-c2ccccc2)cc1. The number of benzene rings is 2. The molecule has 0 amide bonds. The second-order valence-corrected chi connectivity index (χ2v) is 4.97. The van der Waals surface area contributed by atoms with Crippen LogP contribution in [0.2, 0.25) is 0 Å². The molecule has 21 heavy (non-hydrogen) atoms. The normalized spacial score (nSPS) is 13.5. The van der Waals surface area contributed by atoms with Gasteiger partial charge < -0.3 is 9.84 Å². The molecule has 0 saturated carbocycles. The van der Waals surface area contributed by atoms with Crippen molar-refractivity contribution in [2.24, 2.45) is 0 Å². The minimum absolute atomic E-state index is 0.273. The largest absolute Gasteiger partial charge is 0.464 e. The van der Waals surface area contributed by atoms with Gasteiger partial charge in [0, 0.05) is 5.92 Å². The molecule has 2 unspecified atom stereocenters. The zero-order valence-corrected chi connectivity index (χ0v) is 12.3. The van der Waals surface area contributed by atoms with Crippen LogP contribution in [-0.2, 0) is 9.53 Å². The van der Waals surface area contributed by atoms with Crippen LogP contribution in [0.5, 0.6) is 0 Å². The Bertz CT molecular complexity index is 575. The van der Waals surface area contributed by atoms with E-state index >= 15 is 0 Å². The molecule has 0 aliphatic carbocycles. The standard InChI is InChI=1S/C18H20O3/c1-3-21-18(20)17(19)13(2)14-9-11-16(12-10-14)15-7-5-4-6-8-15/h4-13,17,19H,3H2,1-2H3. The number of carbonyl (C=O) groups excluding carboxylic acids is 1. The maximum Gasteiger partial charge on any atom is 0.335 e. The molecule has 2 aromatic carbocycles. The lowest BCUT2D eigenvalue weighted by Gasteiger charge is -2.18. The molecule has 2 rings (SSSR count). The van der Waals surface area contributed by atoms with Crippen molar-refractivity contribution in [3.63, 3.8) is 0 Å². The molecule has 0 aliphatic heterocycles. The van der Waals surface area contributed by atoms with Crippen molar-refractivity contribution >= 4 is 5.97 Å². The molecule has 0 fully saturated rings. The number of ether oxygens (including phenoxy) is 1. The molecule has 0 spiro atoms. The first kappa shape index (κ1) is 15.3. The zero-order valence-electron chi connectivity index (χ0n) is 12.3. The summed E-state index contributed by atoms with van der Waals surface area (Å²) in [5.74, 6) is -0.869. The first-order valence-corrected chi connectivity index (χ1v) is 7.13. The minimum atomic E-state index is -1.13. The Kier molecular flexibility index (Phi) is 5.12. The molecule has 3 heteroatoms. The summed E-state index contributed by atoms with van der Waals surface area (Å²) >= 11 is 0. The van der Waals surface area contributed by atoms with Crippen LogP contribution in [0, 0.1) is 0 Å². The van der Waals surface area contributed by atoms with E-state index in [1.165, 1.54) is 0 Å². The number of aliphatic hydroxyl groups is 1. The van der Waals surface area contributed by atoms with Crippen molar-refractivity contribution in [2.45, 2.75) is 25.9 Å². The number of aliphatic hydroxyl groups excluding tert-OH is 1. The predicted molar refractivity (Wildman–Crippen MR) is 82.9 cm³/mol. The number of carbonyl (C=O) groups is 1. The number of rotatable bonds is 5. The van der Waals surface area contributed by atoms with E-state index in [0.717, 1.165) is 16.7 Å². The van der Waals surface area contributed by atoms with Crippen LogP contribution in [0.4, 0.5) is 0 Å². The quantitative estimate of drug-likeness (QED) is 0.856. The van der Waals surface area contributed by atoms with Crippen LogP contribution in [0.25, 0.3) is 11.1 Å². The topological polar surface area (TPSA) is 46.5 Å². The second kappa shape index (κ2) is 7.04. The average molecular weight is 284 g/mol. The lowest BCUT2D eigenvalue weighted by atomic mass is 9.93. The van der Waals surface area contributed by atoms with E-state index < -0.39 is 12.1 Å². The number of hydrogen-bond acceptors (Lipinski definition) is 3. The fourth-order valence-electron chi connectivity index (χ4n) is 2.22. The molecule has 0 bridgehead atoms. The molecule has 0 saturated heterocycles. The van der Waals surface area contributed by atoms with Crippen LogP contribution < -0.4 is 0 Å². The van der Waals surface area contributed by atoms with E-state index in [2.05, 4.69) is 0 Å². The van der Waals surface area contributed by atoms with Gasteiger partial charge in [-0.05, 0) is 23.6 Å². The van der Waals surface area contributed by atoms with Crippen LogP contribution in [0.1, 0.15) is 25.3 Å². The molecule has 0 heterocycles. The van der Waals surface area contributed by atoms with Gasteiger partial charge in [0.05, 0.1) is 6.61 Å². The maximum atomic E-state index is 11.6. The number of hydrogen-bond donors (Lipinski definition) is 1. The Morgan fingerprint density at radius 2 is 1.62 bits per heavy atom. The average Bonchev–Trinajstić information content (AvgIpc) is 2.54. The van der Waals surface area contributed by atoms with Crippen molar-refractivity contribution in [3.8, 4) is 11.1 Å². The van der Waals surface area contributed by atoms with E-state index in [-0.39, 0.29) is 12.5 Å². The van der Waals surface area contributed by atoms with Crippen molar-refractivity contribution in [2.75, 3.05) is 6.61 Å². The van der Waals surface area contributed by atoms with Gasteiger partial charge in [-0.1, -0.05) is 61.5 Å². The predicted octanol–water partition coefficient (Wildman–Crippen LogP) is 3.38. The van der Waals surface area contributed by atoms with Gasteiger partial charge in [-0.15, -0.1) is 0 Å². The van der Waals surface area contributed by atoms with Crippen LogP contribution in [0.15, 0.2) is 54.6 Å². The van der Waals surface area contributed by atoms with Gasteiger partial charge in [0.25, 0.3) is 0 Å². The molecule has 3 nitrogen and oxygen atoms in total. The smallest absolute Gasteiger partial charge is 0.335 e. The van der Waals surface area contributed by atoms with Crippen molar-refractivity contribution in [1.82, 2.24) is 0 Å². The third-order valence-electron chi connectivity index (χ3n) is 3.55. The van der Waals surface area contributed by atoms with Crippen LogP contribution in [-0.4, -0.2) is 23.8 Å². The van der Waals surface area contributed by atoms with Crippen molar-refractivity contribution in [1.29, 1.82) is 0 Å². The van der Waals surface area contributed by atoms with E-state index in [1.807, 2.05) is 61.5 Å². The van der Waals surface area contributed by atoms with Gasteiger partial charge in [0.15, 0.2) is 6.10 Å². The van der Waals surface area contributed by atoms with E-state index in [1.54, 1.807) is 6.92 Å². The monoisotopic (exact) mass is 284 g/mol. The number of esters is 1. The fraction of sp³-hybridized carbons (Fsp3) is 0.278. The highest BCUT2D eigenvalue weighted by atomic mass is 16.5. The van der Waals surface area contributed by atoms with Gasteiger partial charge in [0.2, 0.25) is 0 Å². The third-order valence-corrected chi connectivity index (χ3v) is 3.55. The molecular weight excluding hydrogens is 264 g/mol. The van der Waals surface area contributed by atoms with Gasteiger partial charge in [-0.3, -0.25) is 0 Å². The molecule has 0 aromatic heterocycles. The Balaban J connectivity index is 2.13. The Labute approximate surface area is 125 Å². The lowest BCUT2D eigenvalue weighted by Crippen LogP contribution is -2.28. The van der Waals surface area contributed by atoms with Gasteiger partial charge >= 0.3 is 5.97 Å². The van der Waals surface area contributed by atoms with Crippen molar-refractivity contribution < 1.29 is 14.6 Å². The highest BCUT2D eigenvalue weighted by Crippen LogP contribution is 2.24. The first-order valence-electron chi connectivity index (χ1n) is 7.13. The molecule has 110 valence electrons. The zero-order chi connectivity index (χ0) is 15.2. The molecular formula is C18H20O3. The van der Waals surface area contributed by atoms with Crippen molar-refractivity contribution in [3.05, 3.63) is 60.2 Å². The van der Waals surface area contributed by atoms with Gasteiger partial charge in [-0.2, -0.15) is 0 Å². The summed E-state index contributed by atoms with van der Waals surface area (Å²) in [6.07, 6.45) is -1.13. The molecule has 0 radical (unpaired) electrons. The summed E-state index contributed by atoms with van der Waals surface area (Å²) in [6, 6.07) is 17.9. The molecule has 2 atom stereocenters. The Morgan fingerprint density at radius 3 is 2.19 bits per heavy atom. The summed E-state index contributed by atoms with van der Waals surface area (Å²) in [6.45, 7) is 3.82. The summed E-state index contributed by atoms with van der Waals surface area (Å²) in [5, 5.41) is 9.98. The van der Waals surface area contributed by atoms with E-state index in [4.69, 9.17) is 4.74 Å². The lowest BCUT2D eigenvalue weighted by molar-refractivity contribution is -0.154. The third kappa shape index (κ3) is 3.70. The van der Waals surface area contributed by atoms with Gasteiger partial charge in [0.1, 0.15) is 0 Å². The first-order chi connectivity index (χ1) is 10.1. The molecule has 0 aliphatic rings. The Hall–Kier alpha value is -2.13. The highest BCUT2D eigenvalue weighted by molar-refractivity contribution is 5.75. The van der Waals surface area contributed by atoms with Crippen LogP contribution >= 0.6 is 0 Å². The fourth-order valence-corrected chi connectivity index (χ4v) is 2.22. The molecule has 1 N–H and O–H groups in total. The molecule has 2 aromatic rings.